The van der Waals surface area contributed by atoms with Gasteiger partial charge in [0.25, 0.3) is 0 Å². The molecule has 1 heterocycles. The van der Waals surface area contributed by atoms with Gasteiger partial charge in [0.1, 0.15) is 11.3 Å². The molecule has 0 aliphatic carbocycles. The molecule has 0 fully saturated rings. The molecule has 0 unspecified atom stereocenters. The Balaban J connectivity index is 2.81. The summed E-state index contributed by atoms with van der Waals surface area (Å²) in [5, 5.41) is 1.16. The summed E-state index contributed by atoms with van der Waals surface area (Å²) in [5.74, 6) is 0.841. The molecule has 2 aromatic rings. The van der Waals surface area contributed by atoms with Gasteiger partial charge in [0.2, 0.25) is 0 Å². The number of allylic oxidation sites excluding steroid dienone is 1. The summed E-state index contributed by atoms with van der Waals surface area (Å²) in [4.78, 5) is 0. The zero-order chi connectivity index (χ0) is 10.8. The molecule has 15 heavy (non-hydrogen) atoms. The van der Waals surface area contributed by atoms with Crippen LogP contribution in [0.1, 0.15) is 23.8 Å². The number of rotatable bonds is 2. The quantitative estimate of drug-likeness (QED) is 0.696. The highest BCUT2D eigenvalue weighted by atomic mass is 16.3. The Labute approximate surface area is 89.7 Å². The second-order valence-electron chi connectivity index (χ2n) is 3.58. The van der Waals surface area contributed by atoms with Crippen LogP contribution in [0.3, 0.4) is 0 Å². The number of furan rings is 1. The molecule has 0 saturated carbocycles. The van der Waals surface area contributed by atoms with E-state index in [1.54, 1.807) is 6.08 Å². The van der Waals surface area contributed by atoms with Crippen molar-refractivity contribution < 1.29 is 4.42 Å². The van der Waals surface area contributed by atoms with Crippen LogP contribution in [0.25, 0.3) is 23.1 Å². The summed E-state index contributed by atoms with van der Waals surface area (Å²) in [7, 11) is 0. The Kier molecular flexibility index (Phi) is 2.46. The topological polar surface area (TPSA) is 13.1 Å². The molecule has 0 saturated heterocycles. The molecule has 0 spiro atoms. The molecule has 0 aliphatic heterocycles. The monoisotopic (exact) mass is 198 g/mol. The first kappa shape index (κ1) is 9.78. The van der Waals surface area contributed by atoms with Crippen LogP contribution < -0.4 is 0 Å². The fourth-order valence-corrected chi connectivity index (χ4v) is 1.74. The van der Waals surface area contributed by atoms with Gasteiger partial charge in [0.15, 0.2) is 0 Å². The summed E-state index contributed by atoms with van der Waals surface area (Å²) in [6.07, 6.45) is 5.83. The first-order valence-electron chi connectivity index (χ1n) is 5.04. The van der Waals surface area contributed by atoms with Gasteiger partial charge in [-0.3, -0.25) is 0 Å². The predicted molar refractivity (Wildman–Crippen MR) is 65.8 cm³/mol. The molecule has 0 bridgehead atoms. The lowest BCUT2D eigenvalue weighted by molar-refractivity contribution is 0.603. The Morgan fingerprint density at radius 2 is 2.13 bits per heavy atom. The fraction of sp³-hybridized carbons (Fsp3) is 0.143. The third kappa shape index (κ3) is 1.61. The highest BCUT2D eigenvalue weighted by molar-refractivity contribution is 5.91. The van der Waals surface area contributed by atoms with Crippen molar-refractivity contribution in [1.29, 1.82) is 0 Å². The number of aryl methyl sites for hydroxylation is 1. The molecule has 1 nitrogen and oxygen atoms in total. The highest BCUT2D eigenvalue weighted by Gasteiger charge is 2.08. The van der Waals surface area contributed by atoms with Gasteiger partial charge in [-0.2, -0.15) is 0 Å². The zero-order valence-corrected chi connectivity index (χ0v) is 9.08. The van der Waals surface area contributed by atoms with Gasteiger partial charge in [-0.15, -0.1) is 0 Å². The smallest absolute Gasteiger partial charge is 0.135 e. The fourth-order valence-electron chi connectivity index (χ4n) is 1.74. The first-order chi connectivity index (χ1) is 7.26. The second kappa shape index (κ2) is 3.77. The molecule has 1 aromatic heterocycles. The lowest BCUT2D eigenvalue weighted by Crippen LogP contribution is -1.74. The molecule has 2 rings (SSSR count). The molecule has 0 amide bonds. The number of benzene rings is 1. The SMILES string of the molecule is C=Cc1oc2ccc(C)cc2c1C=CC. The molecule has 76 valence electrons. The minimum atomic E-state index is 0.841. The molecule has 1 aromatic carbocycles. The Morgan fingerprint density at radius 3 is 2.80 bits per heavy atom. The largest absolute Gasteiger partial charge is 0.456 e. The van der Waals surface area contributed by atoms with Crippen molar-refractivity contribution in [2.45, 2.75) is 13.8 Å². The normalized spacial score (nSPS) is 11.3. The Bertz CT molecular complexity index is 530. The Hall–Kier alpha value is -1.76. The van der Waals surface area contributed by atoms with E-state index in [1.807, 2.05) is 19.1 Å². The molecule has 0 radical (unpaired) electrons. The van der Waals surface area contributed by atoms with Crippen LogP contribution in [0.5, 0.6) is 0 Å². The molecular formula is C14H14O. The highest BCUT2D eigenvalue weighted by Crippen LogP contribution is 2.28. The van der Waals surface area contributed by atoms with Gasteiger partial charge < -0.3 is 4.42 Å². The van der Waals surface area contributed by atoms with E-state index in [-0.39, 0.29) is 0 Å². The van der Waals surface area contributed by atoms with Crippen molar-refractivity contribution in [3.8, 4) is 0 Å². The maximum absolute atomic E-state index is 5.69. The Morgan fingerprint density at radius 1 is 1.33 bits per heavy atom. The first-order valence-corrected chi connectivity index (χ1v) is 5.04. The van der Waals surface area contributed by atoms with Gasteiger partial charge in [0, 0.05) is 10.9 Å². The van der Waals surface area contributed by atoms with Crippen molar-refractivity contribution in [3.63, 3.8) is 0 Å². The third-order valence-electron chi connectivity index (χ3n) is 2.43. The van der Waals surface area contributed by atoms with Crippen molar-refractivity contribution in [2.75, 3.05) is 0 Å². The second-order valence-corrected chi connectivity index (χ2v) is 3.58. The average Bonchev–Trinajstić information content (AvgIpc) is 2.57. The van der Waals surface area contributed by atoms with Crippen molar-refractivity contribution in [1.82, 2.24) is 0 Å². The van der Waals surface area contributed by atoms with E-state index in [1.165, 1.54) is 5.56 Å². The number of fused-ring (bicyclic) bond motifs is 1. The standard InChI is InChI=1S/C14H14O/c1-4-6-11-12-9-10(3)7-8-14(12)15-13(11)5-2/h4-9H,2H2,1,3H3. The maximum atomic E-state index is 5.69. The lowest BCUT2D eigenvalue weighted by Gasteiger charge is -1.93. The molecule has 1 heteroatoms. The van der Waals surface area contributed by atoms with E-state index < -0.39 is 0 Å². The summed E-state index contributed by atoms with van der Waals surface area (Å²) >= 11 is 0. The molecule has 0 atom stereocenters. The zero-order valence-electron chi connectivity index (χ0n) is 9.08. The summed E-state index contributed by atoms with van der Waals surface area (Å²) < 4.78 is 5.69. The van der Waals surface area contributed by atoms with Crippen molar-refractivity contribution in [3.05, 3.63) is 47.7 Å². The van der Waals surface area contributed by atoms with Crippen LogP contribution in [0, 0.1) is 6.92 Å². The molecular weight excluding hydrogens is 184 g/mol. The van der Waals surface area contributed by atoms with Crippen LogP contribution in [0.2, 0.25) is 0 Å². The van der Waals surface area contributed by atoms with Crippen LogP contribution in [-0.2, 0) is 0 Å². The van der Waals surface area contributed by atoms with Gasteiger partial charge in [-0.25, -0.2) is 0 Å². The van der Waals surface area contributed by atoms with Crippen LogP contribution in [0.15, 0.2) is 35.3 Å². The van der Waals surface area contributed by atoms with Gasteiger partial charge in [-0.1, -0.05) is 30.4 Å². The van der Waals surface area contributed by atoms with Crippen LogP contribution in [-0.4, -0.2) is 0 Å². The summed E-state index contributed by atoms with van der Waals surface area (Å²) in [5.41, 5.74) is 3.28. The third-order valence-corrected chi connectivity index (χ3v) is 2.43. The van der Waals surface area contributed by atoms with E-state index in [0.717, 1.165) is 22.3 Å². The van der Waals surface area contributed by atoms with E-state index in [2.05, 4.69) is 31.7 Å². The summed E-state index contributed by atoms with van der Waals surface area (Å²) in [6.45, 7) is 7.85. The van der Waals surface area contributed by atoms with E-state index in [9.17, 15) is 0 Å². The minimum absolute atomic E-state index is 0.841. The van der Waals surface area contributed by atoms with E-state index in [4.69, 9.17) is 4.42 Å². The van der Waals surface area contributed by atoms with Gasteiger partial charge in [0.05, 0.1) is 0 Å². The van der Waals surface area contributed by atoms with Gasteiger partial charge >= 0.3 is 0 Å². The number of hydrogen-bond acceptors (Lipinski definition) is 1. The summed E-state index contributed by atoms with van der Waals surface area (Å²) in [6, 6.07) is 6.20. The minimum Gasteiger partial charge on any atom is -0.456 e. The van der Waals surface area contributed by atoms with Gasteiger partial charge in [-0.05, 0) is 32.1 Å². The average molecular weight is 198 g/mol. The van der Waals surface area contributed by atoms with Crippen LogP contribution >= 0.6 is 0 Å². The van der Waals surface area contributed by atoms with E-state index in [0.29, 0.717) is 0 Å². The lowest BCUT2D eigenvalue weighted by atomic mass is 10.1. The van der Waals surface area contributed by atoms with Crippen LogP contribution in [0.4, 0.5) is 0 Å². The maximum Gasteiger partial charge on any atom is 0.135 e. The van der Waals surface area contributed by atoms with Crippen molar-refractivity contribution in [2.24, 2.45) is 0 Å². The van der Waals surface area contributed by atoms with E-state index >= 15 is 0 Å². The van der Waals surface area contributed by atoms with Crippen molar-refractivity contribution >= 4 is 23.1 Å². The predicted octanol–water partition coefficient (Wildman–Crippen LogP) is 4.42. The number of hydrogen-bond donors (Lipinski definition) is 0. The molecule has 0 aliphatic rings. The molecule has 0 N–H and O–H groups in total.